The first-order chi connectivity index (χ1) is 14.8. The van der Waals surface area contributed by atoms with Crippen LogP contribution in [0.1, 0.15) is 50.2 Å². The summed E-state index contributed by atoms with van der Waals surface area (Å²) in [5.41, 5.74) is 2.29. The maximum atomic E-state index is 13.0. The number of H-pyrrole nitrogens is 1. The van der Waals surface area contributed by atoms with Crippen LogP contribution in [0.3, 0.4) is 0 Å². The molecule has 0 aliphatic carbocycles. The fraction of sp³-hybridized carbons (Fsp3) is 0.391. The van der Waals surface area contributed by atoms with Gasteiger partial charge in [0.2, 0.25) is 17.8 Å². The van der Waals surface area contributed by atoms with E-state index >= 15 is 0 Å². The van der Waals surface area contributed by atoms with Crippen molar-refractivity contribution < 1.29 is 9.59 Å². The van der Waals surface area contributed by atoms with E-state index in [-0.39, 0.29) is 23.7 Å². The standard InChI is InChI=1S/C23H27N5O3/c1-13(2)15-4-6-16(7-5-15)24-21(30)17-12-18(29)25-20-19(17)22(31)27-23(26-20)28-10-8-14(3)9-11-28/h4-7,14,17H,1,8-12H2,2-3H3,(H,24,30)(H2,25,26,27,29,31)/t17-/m0/s1. The number of aromatic nitrogens is 2. The van der Waals surface area contributed by atoms with Crippen LogP contribution in [0.25, 0.3) is 5.57 Å². The first-order valence-corrected chi connectivity index (χ1v) is 10.6. The molecule has 0 radical (unpaired) electrons. The zero-order chi connectivity index (χ0) is 22.1. The number of rotatable bonds is 4. The van der Waals surface area contributed by atoms with Crippen molar-refractivity contribution in [2.24, 2.45) is 5.92 Å². The lowest BCUT2D eigenvalue weighted by atomic mass is 9.92. The third-order valence-electron chi connectivity index (χ3n) is 5.98. The fourth-order valence-electron chi connectivity index (χ4n) is 4.02. The molecule has 0 spiro atoms. The Hall–Kier alpha value is -3.42. The van der Waals surface area contributed by atoms with Crippen molar-refractivity contribution in [3.63, 3.8) is 0 Å². The lowest BCUT2D eigenvalue weighted by Gasteiger charge is -2.31. The molecule has 162 valence electrons. The predicted octanol–water partition coefficient (Wildman–Crippen LogP) is 3.10. The van der Waals surface area contributed by atoms with Crippen LogP contribution in [0.4, 0.5) is 17.5 Å². The Balaban J connectivity index is 1.59. The van der Waals surface area contributed by atoms with Crippen LogP contribution in [0.5, 0.6) is 0 Å². The highest BCUT2D eigenvalue weighted by Gasteiger charge is 2.35. The fourth-order valence-corrected chi connectivity index (χ4v) is 4.02. The number of piperidine rings is 1. The van der Waals surface area contributed by atoms with Crippen molar-refractivity contribution in [1.29, 1.82) is 0 Å². The number of fused-ring (bicyclic) bond motifs is 1. The minimum absolute atomic E-state index is 0.103. The lowest BCUT2D eigenvalue weighted by Crippen LogP contribution is -2.39. The average molecular weight is 422 g/mol. The number of amides is 2. The van der Waals surface area contributed by atoms with E-state index in [1.165, 1.54) is 0 Å². The molecule has 3 heterocycles. The van der Waals surface area contributed by atoms with Crippen LogP contribution in [0.2, 0.25) is 0 Å². The Bertz CT molecular complexity index is 1080. The molecule has 1 fully saturated rings. The minimum atomic E-state index is -0.906. The highest BCUT2D eigenvalue weighted by molar-refractivity contribution is 6.04. The van der Waals surface area contributed by atoms with E-state index in [4.69, 9.17) is 0 Å². The van der Waals surface area contributed by atoms with E-state index in [2.05, 4.69) is 34.1 Å². The highest BCUT2D eigenvalue weighted by atomic mass is 16.2. The Morgan fingerprint density at radius 2 is 1.87 bits per heavy atom. The van der Waals surface area contributed by atoms with E-state index in [1.54, 1.807) is 12.1 Å². The average Bonchev–Trinajstić information content (AvgIpc) is 2.73. The van der Waals surface area contributed by atoms with E-state index in [0.29, 0.717) is 17.6 Å². The molecule has 31 heavy (non-hydrogen) atoms. The summed E-state index contributed by atoms with van der Waals surface area (Å²) in [7, 11) is 0. The number of nitrogens with zero attached hydrogens (tertiary/aromatic N) is 2. The molecule has 4 rings (SSSR count). The number of hydrogen-bond acceptors (Lipinski definition) is 5. The van der Waals surface area contributed by atoms with Gasteiger partial charge in [-0.1, -0.05) is 31.2 Å². The molecule has 2 amide bonds. The van der Waals surface area contributed by atoms with Gasteiger partial charge in [0.15, 0.2) is 0 Å². The highest BCUT2D eigenvalue weighted by Crippen LogP contribution is 2.31. The summed E-state index contributed by atoms with van der Waals surface area (Å²) in [5, 5.41) is 5.48. The van der Waals surface area contributed by atoms with Crippen molar-refractivity contribution in [3.8, 4) is 0 Å². The Labute approximate surface area is 180 Å². The first-order valence-electron chi connectivity index (χ1n) is 10.6. The van der Waals surface area contributed by atoms with Gasteiger partial charge in [0.1, 0.15) is 5.82 Å². The molecule has 0 unspecified atom stereocenters. The molecule has 3 N–H and O–H groups in total. The van der Waals surface area contributed by atoms with Gasteiger partial charge in [-0.05, 0) is 43.4 Å². The molecule has 8 heteroatoms. The molecule has 2 aliphatic rings. The number of carbonyl (C=O) groups excluding carboxylic acids is 2. The van der Waals surface area contributed by atoms with Gasteiger partial charge in [-0.25, -0.2) is 0 Å². The number of nitrogens with one attached hydrogen (secondary N) is 3. The van der Waals surface area contributed by atoms with Crippen molar-refractivity contribution in [1.82, 2.24) is 9.97 Å². The number of allylic oxidation sites excluding steroid dienone is 1. The predicted molar refractivity (Wildman–Crippen MR) is 121 cm³/mol. The van der Waals surface area contributed by atoms with Crippen LogP contribution < -0.4 is 21.1 Å². The topological polar surface area (TPSA) is 107 Å². The third kappa shape index (κ3) is 4.38. The third-order valence-corrected chi connectivity index (χ3v) is 5.98. The summed E-state index contributed by atoms with van der Waals surface area (Å²) >= 11 is 0. The van der Waals surface area contributed by atoms with Crippen molar-refractivity contribution in [2.75, 3.05) is 28.6 Å². The second-order valence-corrected chi connectivity index (χ2v) is 8.47. The normalized spacial score (nSPS) is 18.8. The van der Waals surface area contributed by atoms with E-state index in [9.17, 15) is 14.4 Å². The van der Waals surface area contributed by atoms with Gasteiger partial charge >= 0.3 is 0 Å². The quantitative estimate of drug-likeness (QED) is 0.703. The second-order valence-electron chi connectivity index (χ2n) is 8.47. The van der Waals surface area contributed by atoms with Gasteiger partial charge in [0.05, 0.1) is 11.5 Å². The van der Waals surface area contributed by atoms with Crippen molar-refractivity contribution in [3.05, 3.63) is 52.3 Å². The number of benzene rings is 1. The summed E-state index contributed by atoms with van der Waals surface area (Å²) in [6.45, 7) is 9.59. The Kier molecular flexibility index (Phi) is 5.63. The van der Waals surface area contributed by atoms with Crippen molar-refractivity contribution in [2.45, 2.75) is 39.0 Å². The van der Waals surface area contributed by atoms with Crippen LogP contribution in [-0.4, -0.2) is 34.9 Å². The molecular formula is C23H27N5O3. The van der Waals surface area contributed by atoms with E-state index in [1.807, 2.05) is 24.0 Å². The van der Waals surface area contributed by atoms with Crippen molar-refractivity contribution >= 4 is 34.8 Å². The van der Waals surface area contributed by atoms with Gasteiger partial charge < -0.3 is 15.5 Å². The molecular weight excluding hydrogens is 394 g/mol. The maximum absolute atomic E-state index is 13.0. The van der Waals surface area contributed by atoms with Crippen LogP contribution in [0, 0.1) is 5.92 Å². The molecule has 2 aliphatic heterocycles. The SMILES string of the molecule is C=C(C)c1ccc(NC(=O)[C@H]2CC(=O)Nc3nc(N4CCC(C)CC4)[nH]c(=O)c32)cc1. The summed E-state index contributed by atoms with van der Waals surface area (Å²) in [6, 6.07) is 7.27. The Morgan fingerprint density at radius 1 is 1.19 bits per heavy atom. The van der Waals surface area contributed by atoms with Gasteiger partial charge in [-0.2, -0.15) is 4.98 Å². The molecule has 0 bridgehead atoms. The minimum Gasteiger partial charge on any atom is -0.342 e. The summed E-state index contributed by atoms with van der Waals surface area (Å²) in [6.07, 6.45) is 1.93. The second kappa shape index (κ2) is 8.37. The lowest BCUT2D eigenvalue weighted by molar-refractivity contribution is -0.123. The number of carbonyl (C=O) groups is 2. The maximum Gasteiger partial charge on any atom is 0.258 e. The van der Waals surface area contributed by atoms with Gasteiger partial charge in [0, 0.05) is 25.2 Å². The van der Waals surface area contributed by atoms with Gasteiger partial charge in [0.25, 0.3) is 5.56 Å². The molecule has 1 saturated heterocycles. The van der Waals surface area contributed by atoms with E-state index in [0.717, 1.165) is 37.1 Å². The van der Waals surface area contributed by atoms with Crippen LogP contribution in [0.15, 0.2) is 35.6 Å². The van der Waals surface area contributed by atoms with Gasteiger partial charge in [-0.3, -0.25) is 19.4 Å². The first kappa shape index (κ1) is 20.8. The van der Waals surface area contributed by atoms with Gasteiger partial charge in [-0.15, -0.1) is 0 Å². The zero-order valence-corrected chi connectivity index (χ0v) is 17.8. The summed E-state index contributed by atoms with van der Waals surface area (Å²) < 4.78 is 0. The monoisotopic (exact) mass is 421 g/mol. The number of hydrogen-bond donors (Lipinski definition) is 3. The van der Waals surface area contributed by atoms with E-state index < -0.39 is 17.4 Å². The number of anilines is 3. The van der Waals surface area contributed by atoms with Crippen LogP contribution >= 0.6 is 0 Å². The molecule has 0 saturated carbocycles. The zero-order valence-electron chi connectivity index (χ0n) is 17.8. The molecule has 2 aromatic rings. The Morgan fingerprint density at radius 3 is 2.52 bits per heavy atom. The summed E-state index contributed by atoms with van der Waals surface area (Å²) in [4.78, 5) is 47.5. The molecule has 1 atom stereocenters. The summed E-state index contributed by atoms with van der Waals surface area (Å²) in [5.74, 6) is -0.402. The molecule has 8 nitrogen and oxygen atoms in total. The number of aromatic amines is 1. The molecule has 1 aromatic heterocycles. The van der Waals surface area contributed by atoms with Crippen LogP contribution in [-0.2, 0) is 9.59 Å². The molecule has 1 aromatic carbocycles. The largest absolute Gasteiger partial charge is 0.342 e. The smallest absolute Gasteiger partial charge is 0.258 e.